The van der Waals surface area contributed by atoms with Crippen molar-refractivity contribution in [3.8, 4) is 0 Å². The molecule has 2 atom stereocenters. The fraction of sp³-hybridized carbons (Fsp3) is 0.440. The number of nitrogens with zero attached hydrogens (tertiary/aromatic N) is 1. The van der Waals surface area contributed by atoms with Gasteiger partial charge in [0.1, 0.15) is 0 Å². The van der Waals surface area contributed by atoms with Gasteiger partial charge in [0, 0.05) is 31.5 Å². The van der Waals surface area contributed by atoms with Crippen LogP contribution >= 0.6 is 0 Å². The number of aryl methyl sites for hydroxylation is 1. The highest BCUT2D eigenvalue weighted by Crippen LogP contribution is 2.36. The van der Waals surface area contributed by atoms with E-state index in [1.165, 1.54) is 6.07 Å². The van der Waals surface area contributed by atoms with Crippen molar-refractivity contribution >= 4 is 11.8 Å². The van der Waals surface area contributed by atoms with E-state index < -0.39 is 17.7 Å². The average Bonchev–Trinajstić information content (AvgIpc) is 3.62. The molecule has 1 aliphatic carbocycles. The third-order valence-corrected chi connectivity index (χ3v) is 6.29. The van der Waals surface area contributed by atoms with Crippen LogP contribution in [0.15, 0.2) is 48.5 Å². The Morgan fingerprint density at radius 2 is 1.78 bits per heavy atom. The molecule has 1 saturated carbocycles. The lowest BCUT2D eigenvalue weighted by Gasteiger charge is -2.37. The van der Waals surface area contributed by atoms with E-state index in [2.05, 4.69) is 11.4 Å². The van der Waals surface area contributed by atoms with Gasteiger partial charge < -0.3 is 10.2 Å². The van der Waals surface area contributed by atoms with E-state index in [0.717, 1.165) is 36.1 Å². The minimum atomic E-state index is -4.42. The summed E-state index contributed by atoms with van der Waals surface area (Å²) in [6.45, 7) is 2.98. The van der Waals surface area contributed by atoms with Crippen molar-refractivity contribution in [2.45, 2.75) is 44.8 Å². The number of alkyl halides is 3. The summed E-state index contributed by atoms with van der Waals surface area (Å²) in [7, 11) is 0. The molecule has 0 bridgehead atoms. The van der Waals surface area contributed by atoms with Gasteiger partial charge in [-0.15, -0.1) is 0 Å². The molecule has 4 nitrogen and oxygen atoms in total. The van der Waals surface area contributed by atoms with E-state index >= 15 is 0 Å². The first-order valence-electron chi connectivity index (χ1n) is 11.0. The molecular weight excluding hydrogens is 417 g/mol. The molecule has 1 heterocycles. The highest BCUT2D eigenvalue weighted by Gasteiger charge is 2.39. The fourth-order valence-corrected chi connectivity index (χ4v) is 4.41. The number of nitrogens with one attached hydrogen (secondary N) is 1. The van der Waals surface area contributed by atoms with Gasteiger partial charge in [-0.3, -0.25) is 9.59 Å². The molecule has 1 saturated heterocycles. The third-order valence-electron chi connectivity index (χ3n) is 6.29. The summed E-state index contributed by atoms with van der Waals surface area (Å²) in [5, 5.41) is 2.79. The van der Waals surface area contributed by atoms with E-state index in [1.54, 1.807) is 6.07 Å². The molecule has 0 spiro atoms. The largest absolute Gasteiger partial charge is 0.416 e. The van der Waals surface area contributed by atoms with Crippen molar-refractivity contribution in [2.24, 2.45) is 11.8 Å². The second-order valence-corrected chi connectivity index (χ2v) is 8.98. The molecule has 2 fully saturated rings. The Hall–Kier alpha value is -2.83. The Bertz CT molecular complexity index is 1000. The van der Waals surface area contributed by atoms with Crippen LogP contribution in [0.3, 0.4) is 0 Å². The van der Waals surface area contributed by atoms with Crippen LogP contribution < -0.4 is 5.32 Å². The summed E-state index contributed by atoms with van der Waals surface area (Å²) in [6, 6.07) is 13.1. The first-order chi connectivity index (χ1) is 15.2. The number of hydrogen-bond donors (Lipinski definition) is 1. The van der Waals surface area contributed by atoms with Gasteiger partial charge in [0.05, 0.1) is 11.5 Å². The molecule has 170 valence electrons. The van der Waals surface area contributed by atoms with Gasteiger partial charge in [0.15, 0.2) is 0 Å². The Balaban J connectivity index is 1.46. The van der Waals surface area contributed by atoms with Crippen LogP contribution in [0.25, 0.3) is 0 Å². The lowest BCUT2D eigenvalue weighted by Crippen LogP contribution is -2.48. The monoisotopic (exact) mass is 444 g/mol. The SMILES string of the molecule is Cc1cccc(C2CC(C(=O)NCc3cccc(C(F)(F)F)c3)CN(C(=O)C3CC3)C2)c1. The van der Waals surface area contributed by atoms with Crippen LogP contribution in [0.1, 0.15) is 47.4 Å². The summed E-state index contributed by atoms with van der Waals surface area (Å²) >= 11 is 0. The molecule has 1 N–H and O–H groups in total. The minimum absolute atomic E-state index is 0.0188. The van der Waals surface area contributed by atoms with Gasteiger partial charge in [-0.25, -0.2) is 0 Å². The zero-order valence-corrected chi connectivity index (χ0v) is 18.0. The van der Waals surface area contributed by atoms with Crippen molar-refractivity contribution in [1.82, 2.24) is 10.2 Å². The Morgan fingerprint density at radius 1 is 1.03 bits per heavy atom. The fourth-order valence-electron chi connectivity index (χ4n) is 4.41. The van der Waals surface area contributed by atoms with Crippen LogP contribution in [0.4, 0.5) is 13.2 Å². The zero-order chi connectivity index (χ0) is 22.9. The molecule has 32 heavy (non-hydrogen) atoms. The van der Waals surface area contributed by atoms with E-state index in [-0.39, 0.29) is 30.2 Å². The topological polar surface area (TPSA) is 49.4 Å². The Kier molecular flexibility index (Phi) is 6.26. The van der Waals surface area contributed by atoms with Crippen LogP contribution in [0.2, 0.25) is 0 Å². The molecule has 0 aromatic heterocycles. The van der Waals surface area contributed by atoms with Gasteiger partial charge in [-0.1, -0.05) is 42.0 Å². The van der Waals surface area contributed by atoms with Gasteiger partial charge in [0.2, 0.25) is 11.8 Å². The number of rotatable bonds is 5. The summed E-state index contributed by atoms with van der Waals surface area (Å²) in [5.74, 6) is -0.398. The standard InChI is InChI=1S/C25H27F3N2O2/c1-16-4-2-6-19(10-16)20-12-21(15-30(14-20)24(32)18-8-9-18)23(31)29-13-17-5-3-7-22(11-17)25(26,27)28/h2-7,10-11,18,20-21H,8-9,12-15H2,1H3,(H,29,31). The Morgan fingerprint density at radius 3 is 2.47 bits per heavy atom. The molecule has 1 aliphatic heterocycles. The lowest BCUT2D eigenvalue weighted by atomic mass is 9.83. The predicted octanol–water partition coefficient (Wildman–Crippen LogP) is 4.67. The number of halogens is 3. The number of benzene rings is 2. The van der Waals surface area contributed by atoms with Crippen LogP contribution in [0, 0.1) is 18.8 Å². The van der Waals surface area contributed by atoms with Gasteiger partial charge in [0.25, 0.3) is 0 Å². The van der Waals surface area contributed by atoms with E-state index in [4.69, 9.17) is 0 Å². The highest BCUT2D eigenvalue weighted by atomic mass is 19.4. The molecule has 2 aromatic rings. The van der Waals surface area contributed by atoms with Crippen molar-refractivity contribution in [2.75, 3.05) is 13.1 Å². The number of carbonyl (C=O) groups excluding carboxylic acids is 2. The molecule has 0 radical (unpaired) electrons. The van der Waals surface area contributed by atoms with Crippen molar-refractivity contribution in [3.63, 3.8) is 0 Å². The minimum Gasteiger partial charge on any atom is -0.352 e. The van der Waals surface area contributed by atoms with Gasteiger partial charge >= 0.3 is 6.18 Å². The first kappa shape index (κ1) is 22.4. The number of amides is 2. The number of carbonyl (C=O) groups is 2. The van der Waals surface area contributed by atoms with Crippen molar-refractivity contribution in [3.05, 3.63) is 70.8 Å². The second-order valence-electron chi connectivity index (χ2n) is 8.98. The molecule has 2 aliphatic rings. The summed E-state index contributed by atoms with van der Waals surface area (Å²) in [4.78, 5) is 27.6. The van der Waals surface area contributed by atoms with E-state index in [9.17, 15) is 22.8 Å². The summed E-state index contributed by atoms with van der Waals surface area (Å²) < 4.78 is 38.9. The maximum absolute atomic E-state index is 13.0. The van der Waals surface area contributed by atoms with Crippen LogP contribution in [-0.2, 0) is 22.3 Å². The summed E-state index contributed by atoms with van der Waals surface area (Å²) in [5.41, 5.74) is 1.89. The number of piperidine rings is 1. The maximum Gasteiger partial charge on any atom is 0.416 e. The first-order valence-corrected chi connectivity index (χ1v) is 11.0. The highest BCUT2D eigenvalue weighted by molar-refractivity contribution is 5.83. The zero-order valence-electron chi connectivity index (χ0n) is 18.0. The van der Waals surface area contributed by atoms with Crippen LogP contribution in [-0.4, -0.2) is 29.8 Å². The molecule has 7 heteroatoms. The van der Waals surface area contributed by atoms with Crippen LogP contribution in [0.5, 0.6) is 0 Å². The van der Waals surface area contributed by atoms with Gasteiger partial charge in [-0.2, -0.15) is 13.2 Å². The molecule has 4 rings (SSSR count). The molecule has 2 aromatic carbocycles. The molecule has 2 amide bonds. The molecule has 2 unspecified atom stereocenters. The van der Waals surface area contributed by atoms with E-state index in [0.29, 0.717) is 25.1 Å². The maximum atomic E-state index is 13.0. The quantitative estimate of drug-likeness (QED) is 0.729. The molecular formula is C25H27F3N2O2. The normalized spacial score (nSPS) is 21.3. The number of likely N-dealkylation sites (tertiary alicyclic amines) is 1. The lowest BCUT2D eigenvalue weighted by molar-refractivity contribution is -0.138. The smallest absolute Gasteiger partial charge is 0.352 e. The van der Waals surface area contributed by atoms with E-state index in [1.807, 2.05) is 30.0 Å². The average molecular weight is 444 g/mol. The van der Waals surface area contributed by atoms with Gasteiger partial charge in [-0.05, 0) is 49.4 Å². The van der Waals surface area contributed by atoms with Crippen molar-refractivity contribution < 1.29 is 22.8 Å². The predicted molar refractivity (Wildman–Crippen MR) is 115 cm³/mol. The summed E-state index contributed by atoms with van der Waals surface area (Å²) in [6.07, 6.45) is -2.02. The third kappa shape index (κ3) is 5.31. The number of hydrogen-bond acceptors (Lipinski definition) is 2. The van der Waals surface area contributed by atoms with Crippen molar-refractivity contribution in [1.29, 1.82) is 0 Å². The Labute approximate surface area is 185 Å². The second kappa shape index (κ2) is 8.96.